The summed E-state index contributed by atoms with van der Waals surface area (Å²) < 4.78 is 6.58. The minimum atomic E-state index is -0.711. The van der Waals surface area contributed by atoms with E-state index in [1.807, 2.05) is 31.2 Å². The molecule has 0 aliphatic carbocycles. The Bertz CT molecular complexity index is 1300. The molecular formula is C23H20Cl2N4O3. The molecule has 4 rings (SSSR count). The second-order valence-electron chi connectivity index (χ2n) is 7.27. The third kappa shape index (κ3) is 4.54. The van der Waals surface area contributed by atoms with Crippen molar-refractivity contribution in [1.29, 1.82) is 0 Å². The molecule has 0 fully saturated rings. The predicted octanol–water partition coefficient (Wildman–Crippen LogP) is 4.67. The van der Waals surface area contributed by atoms with E-state index < -0.39 is 6.04 Å². The molecule has 0 aliphatic heterocycles. The molecular weight excluding hydrogens is 451 g/mol. The Morgan fingerprint density at radius 3 is 2.41 bits per heavy atom. The van der Waals surface area contributed by atoms with Gasteiger partial charge in [0.15, 0.2) is 0 Å². The van der Waals surface area contributed by atoms with Crippen molar-refractivity contribution in [2.75, 3.05) is 6.54 Å². The van der Waals surface area contributed by atoms with Crippen LogP contribution in [0.4, 0.5) is 0 Å². The zero-order valence-corrected chi connectivity index (χ0v) is 18.7. The summed E-state index contributed by atoms with van der Waals surface area (Å²) in [5, 5.41) is 8.37. The fourth-order valence-corrected chi connectivity index (χ4v) is 3.74. The first-order valence-corrected chi connectivity index (χ1v) is 10.9. The predicted molar refractivity (Wildman–Crippen MR) is 124 cm³/mol. The highest BCUT2D eigenvalue weighted by Crippen LogP contribution is 2.26. The van der Waals surface area contributed by atoms with Crippen molar-refractivity contribution in [3.63, 3.8) is 0 Å². The molecule has 32 heavy (non-hydrogen) atoms. The third-order valence-electron chi connectivity index (χ3n) is 5.19. The number of rotatable bonds is 7. The second-order valence-corrected chi connectivity index (χ2v) is 8.14. The average molecular weight is 471 g/mol. The molecule has 7 nitrogen and oxygen atoms in total. The molecule has 164 valence electrons. The highest BCUT2D eigenvalue weighted by Gasteiger charge is 2.24. The van der Waals surface area contributed by atoms with Gasteiger partial charge in [0.05, 0.1) is 0 Å². The Balaban J connectivity index is 1.57. The average Bonchev–Trinajstić information content (AvgIpc) is 3.23. The summed E-state index contributed by atoms with van der Waals surface area (Å²) in [6.07, 6.45) is 2.40. The van der Waals surface area contributed by atoms with Gasteiger partial charge in [-0.1, -0.05) is 59.5 Å². The number of hydrogen-bond donors (Lipinski definition) is 1. The summed E-state index contributed by atoms with van der Waals surface area (Å²) in [7, 11) is 0. The molecule has 0 bridgehead atoms. The molecule has 1 atom stereocenters. The minimum Gasteiger partial charge on any atom is -0.354 e. The van der Waals surface area contributed by atoms with Crippen LogP contribution in [-0.2, 0) is 11.2 Å². The van der Waals surface area contributed by atoms with Crippen LogP contribution in [0.3, 0.4) is 0 Å². The number of carbonyl (C=O) groups excluding carboxylic acids is 1. The molecule has 0 saturated carbocycles. The van der Waals surface area contributed by atoms with Crippen LogP contribution in [0.1, 0.15) is 24.9 Å². The van der Waals surface area contributed by atoms with E-state index in [-0.39, 0.29) is 22.6 Å². The maximum Gasteiger partial charge on any atom is 0.267 e. The van der Waals surface area contributed by atoms with E-state index in [9.17, 15) is 9.59 Å². The summed E-state index contributed by atoms with van der Waals surface area (Å²) in [6.45, 7) is 2.28. The van der Waals surface area contributed by atoms with Gasteiger partial charge in [0.2, 0.25) is 5.91 Å². The highest BCUT2D eigenvalue weighted by atomic mass is 35.5. The smallest absolute Gasteiger partial charge is 0.267 e. The summed E-state index contributed by atoms with van der Waals surface area (Å²) in [5.41, 5.74) is 1.82. The summed E-state index contributed by atoms with van der Waals surface area (Å²) in [5.74, 6) is -0.255. The lowest BCUT2D eigenvalue weighted by atomic mass is 10.1. The monoisotopic (exact) mass is 470 g/mol. The number of amides is 1. The maximum absolute atomic E-state index is 13.3. The summed E-state index contributed by atoms with van der Waals surface area (Å²) in [4.78, 5) is 30.4. The number of hydrogen-bond acceptors (Lipinski definition) is 5. The number of aromatic nitrogens is 3. The highest BCUT2D eigenvalue weighted by molar-refractivity contribution is 6.30. The molecule has 2 aromatic heterocycles. The lowest BCUT2D eigenvalue weighted by molar-refractivity contribution is -0.124. The first-order chi connectivity index (χ1) is 15.5. The van der Waals surface area contributed by atoms with Gasteiger partial charge in [-0.05, 0) is 42.7 Å². The van der Waals surface area contributed by atoms with Crippen LogP contribution in [-0.4, -0.2) is 27.2 Å². The van der Waals surface area contributed by atoms with Gasteiger partial charge in [-0.15, -0.1) is 0 Å². The Morgan fingerprint density at radius 2 is 1.75 bits per heavy atom. The van der Waals surface area contributed by atoms with Crippen molar-refractivity contribution in [2.45, 2.75) is 25.8 Å². The Morgan fingerprint density at radius 1 is 1.09 bits per heavy atom. The molecule has 0 saturated heterocycles. The summed E-state index contributed by atoms with van der Waals surface area (Å²) >= 11 is 11.9. The molecule has 2 heterocycles. The Kier molecular flexibility index (Phi) is 6.58. The van der Waals surface area contributed by atoms with Crippen molar-refractivity contribution in [2.24, 2.45) is 0 Å². The molecule has 0 aliphatic rings. The SMILES string of the molecule is CCC(C(=O)NCCc1ccc(Cl)cc1)n1cnc2onc(-c3ccc(Cl)cc3)c2c1=O. The molecule has 0 spiro atoms. The Hall–Kier alpha value is -3.16. The molecule has 1 unspecified atom stereocenters. The topological polar surface area (TPSA) is 90.0 Å². The van der Waals surface area contributed by atoms with Crippen LogP contribution >= 0.6 is 23.2 Å². The molecule has 1 amide bonds. The van der Waals surface area contributed by atoms with Crippen LogP contribution in [0.25, 0.3) is 22.4 Å². The molecule has 9 heteroatoms. The molecule has 0 radical (unpaired) electrons. The number of fused-ring (bicyclic) bond motifs is 1. The largest absolute Gasteiger partial charge is 0.354 e. The molecule has 1 N–H and O–H groups in total. The molecule has 2 aromatic carbocycles. The van der Waals surface area contributed by atoms with Gasteiger partial charge in [-0.2, -0.15) is 0 Å². The normalized spacial score (nSPS) is 12.1. The number of nitrogens with one attached hydrogen (secondary N) is 1. The van der Waals surface area contributed by atoms with Crippen LogP contribution in [0.15, 0.2) is 64.2 Å². The van der Waals surface area contributed by atoms with E-state index in [2.05, 4.69) is 15.5 Å². The molecule has 4 aromatic rings. The lowest BCUT2D eigenvalue weighted by Gasteiger charge is -2.17. The van der Waals surface area contributed by atoms with E-state index >= 15 is 0 Å². The van der Waals surface area contributed by atoms with Crippen LogP contribution in [0.5, 0.6) is 0 Å². The van der Waals surface area contributed by atoms with Gasteiger partial charge in [0.25, 0.3) is 11.3 Å². The summed E-state index contributed by atoms with van der Waals surface area (Å²) in [6, 6.07) is 13.6. The first-order valence-electron chi connectivity index (χ1n) is 10.1. The zero-order valence-electron chi connectivity index (χ0n) is 17.2. The van der Waals surface area contributed by atoms with E-state index in [1.165, 1.54) is 10.9 Å². The number of carbonyl (C=O) groups is 1. The maximum atomic E-state index is 13.3. The number of benzene rings is 2. The van der Waals surface area contributed by atoms with E-state index in [0.717, 1.165) is 5.56 Å². The van der Waals surface area contributed by atoms with Gasteiger partial charge in [0.1, 0.15) is 23.4 Å². The fraction of sp³-hybridized carbons (Fsp3) is 0.217. The Labute approximate surface area is 194 Å². The van der Waals surface area contributed by atoms with Gasteiger partial charge < -0.3 is 9.84 Å². The van der Waals surface area contributed by atoms with Crippen molar-refractivity contribution in [1.82, 2.24) is 20.0 Å². The third-order valence-corrected chi connectivity index (χ3v) is 5.69. The van der Waals surface area contributed by atoms with Crippen LogP contribution in [0.2, 0.25) is 10.0 Å². The van der Waals surface area contributed by atoms with Crippen molar-refractivity contribution in [3.05, 3.63) is 80.8 Å². The van der Waals surface area contributed by atoms with Gasteiger partial charge in [-0.3, -0.25) is 14.2 Å². The van der Waals surface area contributed by atoms with Gasteiger partial charge in [-0.25, -0.2) is 4.98 Å². The van der Waals surface area contributed by atoms with Crippen LogP contribution < -0.4 is 10.9 Å². The standard InChI is InChI=1S/C23H20Cl2N4O3/c1-2-18(21(30)26-12-11-14-3-7-16(24)8-4-14)29-13-27-22-19(23(29)31)20(28-32-22)15-5-9-17(25)10-6-15/h3-10,13,18H,2,11-12H2,1H3,(H,26,30). The minimum absolute atomic E-state index is 0.120. The fourth-order valence-electron chi connectivity index (χ4n) is 3.49. The van der Waals surface area contributed by atoms with Crippen molar-refractivity contribution >= 4 is 40.2 Å². The van der Waals surface area contributed by atoms with Crippen molar-refractivity contribution < 1.29 is 9.32 Å². The quantitative estimate of drug-likeness (QED) is 0.423. The van der Waals surface area contributed by atoms with Crippen LogP contribution in [0, 0.1) is 0 Å². The first kappa shape index (κ1) is 22.0. The second kappa shape index (κ2) is 9.54. The zero-order chi connectivity index (χ0) is 22.7. The van der Waals surface area contributed by atoms with E-state index in [4.69, 9.17) is 27.7 Å². The van der Waals surface area contributed by atoms with Crippen molar-refractivity contribution in [3.8, 4) is 11.3 Å². The van der Waals surface area contributed by atoms with Gasteiger partial charge in [0, 0.05) is 22.2 Å². The lowest BCUT2D eigenvalue weighted by Crippen LogP contribution is -2.38. The number of nitrogens with zero attached hydrogens (tertiary/aromatic N) is 3. The van der Waals surface area contributed by atoms with Gasteiger partial charge >= 0.3 is 0 Å². The van der Waals surface area contributed by atoms with E-state index in [0.29, 0.717) is 40.7 Å². The number of halogens is 2. The van der Waals surface area contributed by atoms with E-state index in [1.54, 1.807) is 24.3 Å².